The van der Waals surface area contributed by atoms with Crippen LogP contribution < -0.4 is 15.0 Å². The number of hydrogen-bond donors (Lipinski definition) is 2. The summed E-state index contributed by atoms with van der Waals surface area (Å²) in [6.45, 7) is 0. The Morgan fingerprint density at radius 2 is 1.94 bits per heavy atom. The molecule has 2 N–H and O–H groups in total. The minimum absolute atomic E-state index is 0.101. The predicted molar refractivity (Wildman–Crippen MR) is 59.3 cm³/mol. The minimum Gasteiger partial charge on any atom is -0.507 e. The Hall–Kier alpha value is -2.17. The number of rotatable bonds is 2. The standard InChI is InChI=1S/C11H11NO4/c1-15-6-3-7-8(13)5-10(14)12-11(7)9(4-6)16-2/h3-5H,1-2H3,(H2,12,13,14). The highest BCUT2D eigenvalue weighted by molar-refractivity contribution is 5.90. The molecule has 0 aliphatic rings. The van der Waals surface area contributed by atoms with Crippen molar-refractivity contribution in [2.45, 2.75) is 0 Å². The smallest absolute Gasteiger partial charge is 0.252 e. The van der Waals surface area contributed by atoms with Crippen LogP contribution >= 0.6 is 0 Å². The molecule has 0 saturated heterocycles. The molecule has 0 radical (unpaired) electrons. The number of ether oxygens (including phenoxy) is 2. The number of H-pyrrole nitrogens is 1. The van der Waals surface area contributed by atoms with E-state index in [-0.39, 0.29) is 11.3 Å². The number of aromatic hydroxyl groups is 1. The van der Waals surface area contributed by atoms with Gasteiger partial charge in [0.05, 0.1) is 19.7 Å². The molecule has 16 heavy (non-hydrogen) atoms. The number of pyridine rings is 1. The summed E-state index contributed by atoms with van der Waals surface area (Å²) >= 11 is 0. The lowest BCUT2D eigenvalue weighted by Gasteiger charge is -2.09. The first-order valence-electron chi connectivity index (χ1n) is 4.63. The molecule has 2 aromatic rings. The largest absolute Gasteiger partial charge is 0.507 e. The second-order valence-corrected chi connectivity index (χ2v) is 3.27. The molecule has 5 heteroatoms. The van der Waals surface area contributed by atoms with Crippen molar-refractivity contribution in [1.29, 1.82) is 0 Å². The van der Waals surface area contributed by atoms with Crippen LogP contribution in [-0.4, -0.2) is 24.3 Å². The van der Waals surface area contributed by atoms with E-state index in [0.717, 1.165) is 6.07 Å². The number of benzene rings is 1. The van der Waals surface area contributed by atoms with Crippen molar-refractivity contribution in [1.82, 2.24) is 4.98 Å². The van der Waals surface area contributed by atoms with Gasteiger partial charge in [0, 0.05) is 17.5 Å². The van der Waals surface area contributed by atoms with E-state index in [1.165, 1.54) is 14.2 Å². The molecule has 0 bridgehead atoms. The average Bonchev–Trinajstić information content (AvgIpc) is 2.28. The monoisotopic (exact) mass is 221 g/mol. The Bertz CT molecular complexity index is 588. The number of hydrogen-bond acceptors (Lipinski definition) is 4. The zero-order valence-electron chi connectivity index (χ0n) is 8.90. The van der Waals surface area contributed by atoms with Gasteiger partial charge in [-0.1, -0.05) is 0 Å². The molecule has 1 aromatic heterocycles. The average molecular weight is 221 g/mol. The van der Waals surface area contributed by atoms with Gasteiger partial charge in [0.25, 0.3) is 5.56 Å². The quantitative estimate of drug-likeness (QED) is 0.800. The molecule has 0 saturated carbocycles. The molecule has 0 atom stereocenters. The van der Waals surface area contributed by atoms with E-state index < -0.39 is 0 Å². The Kier molecular flexibility index (Phi) is 2.44. The highest BCUT2D eigenvalue weighted by Gasteiger charge is 2.09. The van der Waals surface area contributed by atoms with E-state index in [2.05, 4.69) is 4.98 Å². The molecular formula is C11H11NO4. The first kappa shape index (κ1) is 10.4. The molecule has 1 heterocycles. The molecule has 2 rings (SSSR count). The Labute approximate surface area is 91.2 Å². The fourth-order valence-corrected chi connectivity index (χ4v) is 1.56. The van der Waals surface area contributed by atoms with Gasteiger partial charge in [0.15, 0.2) is 0 Å². The van der Waals surface area contributed by atoms with Gasteiger partial charge in [-0.2, -0.15) is 0 Å². The third-order valence-electron chi connectivity index (χ3n) is 2.32. The van der Waals surface area contributed by atoms with Crippen LogP contribution in [0.25, 0.3) is 10.9 Å². The van der Waals surface area contributed by atoms with E-state index in [1.54, 1.807) is 12.1 Å². The molecule has 0 aliphatic heterocycles. The lowest BCUT2D eigenvalue weighted by molar-refractivity contribution is 0.396. The van der Waals surface area contributed by atoms with Crippen LogP contribution in [0.2, 0.25) is 0 Å². The van der Waals surface area contributed by atoms with Crippen molar-refractivity contribution in [3.63, 3.8) is 0 Å². The van der Waals surface area contributed by atoms with Gasteiger partial charge in [0.2, 0.25) is 0 Å². The highest BCUT2D eigenvalue weighted by Crippen LogP contribution is 2.32. The maximum absolute atomic E-state index is 11.2. The first-order chi connectivity index (χ1) is 7.65. The van der Waals surface area contributed by atoms with Crippen LogP contribution in [0.5, 0.6) is 17.2 Å². The van der Waals surface area contributed by atoms with Gasteiger partial charge >= 0.3 is 0 Å². The summed E-state index contributed by atoms with van der Waals surface area (Å²) in [5.41, 5.74) is 0.0711. The summed E-state index contributed by atoms with van der Waals surface area (Å²) in [5.74, 6) is 0.894. The normalized spacial score (nSPS) is 10.4. The zero-order chi connectivity index (χ0) is 11.7. The lowest BCUT2D eigenvalue weighted by Crippen LogP contribution is -2.04. The van der Waals surface area contributed by atoms with Crippen molar-refractivity contribution in [3.8, 4) is 17.2 Å². The SMILES string of the molecule is COc1cc(OC)c2[nH]c(=O)cc(O)c2c1. The molecule has 0 fully saturated rings. The molecule has 0 aliphatic carbocycles. The maximum atomic E-state index is 11.2. The van der Waals surface area contributed by atoms with Gasteiger partial charge in [-0.25, -0.2) is 0 Å². The van der Waals surface area contributed by atoms with Crippen LogP contribution in [0.4, 0.5) is 0 Å². The molecule has 0 spiro atoms. The zero-order valence-corrected chi connectivity index (χ0v) is 8.90. The number of aromatic amines is 1. The van der Waals surface area contributed by atoms with Gasteiger partial charge in [-0.3, -0.25) is 4.79 Å². The van der Waals surface area contributed by atoms with E-state index in [9.17, 15) is 9.90 Å². The van der Waals surface area contributed by atoms with Gasteiger partial charge in [-0.05, 0) is 6.07 Å². The predicted octanol–water partition coefficient (Wildman–Crippen LogP) is 1.25. The van der Waals surface area contributed by atoms with Crippen molar-refractivity contribution in [2.75, 3.05) is 14.2 Å². The molecule has 84 valence electrons. The summed E-state index contributed by atoms with van der Waals surface area (Å²) in [5, 5.41) is 10.1. The summed E-state index contributed by atoms with van der Waals surface area (Å²) in [6, 6.07) is 4.38. The summed E-state index contributed by atoms with van der Waals surface area (Å²) in [4.78, 5) is 13.8. The second kappa shape index (κ2) is 3.77. The van der Waals surface area contributed by atoms with Crippen LogP contribution in [0.15, 0.2) is 23.0 Å². The summed E-state index contributed by atoms with van der Waals surface area (Å²) in [6.07, 6.45) is 0. The molecule has 1 aromatic carbocycles. The third kappa shape index (κ3) is 1.56. The maximum Gasteiger partial charge on any atom is 0.252 e. The fraction of sp³-hybridized carbons (Fsp3) is 0.182. The number of aromatic nitrogens is 1. The Balaban J connectivity index is 2.89. The van der Waals surface area contributed by atoms with Crippen LogP contribution in [0, 0.1) is 0 Å². The van der Waals surface area contributed by atoms with Crippen molar-refractivity contribution in [2.24, 2.45) is 0 Å². The summed E-state index contributed by atoms with van der Waals surface area (Å²) < 4.78 is 10.2. The van der Waals surface area contributed by atoms with Crippen molar-refractivity contribution >= 4 is 10.9 Å². The van der Waals surface area contributed by atoms with E-state index in [1.807, 2.05) is 0 Å². The molecule has 0 amide bonds. The first-order valence-corrected chi connectivity index (χ1v) is 4.63. The topological polar surface area (TPSA) is 71.5 Å². The van der Waals surface area contributed by atoms with E-state index >= 15 is 0 Å². The number of fused-ring (bicyclic) bond motifs is 1. The summed E-state index contributed by atoms with van der Waals surface area (Å²) in [7, 11) is 3.00. The minimum atomic E-state index is -0.381. The van der Waals surface area contributed by atoms with Crippen LogP contribution in [-0.2, 0) is 0 Å². The number of nitrogens with one attached hydrogen (secondary N) is 1. The van der Waals surface area contributed by atoms with Crippen LogP contribution in [0.1, 0.15) is 0 Å². The van der Waals surface area contributed by atoms with Gasteiger partial charge in [-0.15, -0.1) is 0 Å². The molecule has 0 unspecified atom stereocenters. The van der Waals surface area contributed by atoms with Crippen molar-refractivity contribution in [3.05, 3.63) is 28.6 Å². The van der Waals surface area contributed by atoms with Gasteiger partial charge < -0.3 is 19.6 Å². The fourth-order valence-electron chi connectivity index (χ4n) is 1.56. The molecule has 5 nitrogen and oxygen atoms in total. The lowest BCUT2D eigenvalue weighted by atomic mass is 10.2. The Morgan fingerprint density at radius 3 is 2.56 bits per heavy atom. The molecular weight excluding hydrogens is 210 g/mol. The van der Waals surface area contributed by atoms with Crippen LogP contribution in [0.3, 0.4) is 0 Å². The van der Waals surface area contributed by atoms with E-state index in [4.69, 9.17) is 9.47 Å². The van der Waals surface area contributed by atoms with Gasteiger partial charge in [0.1, 0.15) is 17.2 Å². The van der Waals surface area contributed by atoms with E-state index in [0.29, 0.717) is 22.4 Å². The highest BCUT2D eigenvalue weighted by atomic mass is 16.5. The van der Waals surface area contributed by atoms with Crippen molar-refractivity contribution < 1.29 is 14.6 Å². The second-order valence-electron chi connectivity index (χ2n) is 3.27. The Morgan fingerprint density at radius 1 is 1.19 bits per heavy atom. The number of methoxy groups -OCH3 is 2. The third-order valence-corrected chi connectivity index (χ3v) is 2.32.